The third kappa shape index (κ3) is 2.97. The van der Waals surface area contributed by atoms with Gasteiger partial charge in [-0.2, -0.15) is 0 Å². The van der Waals surface area contributed by atoms with Crippen LogP contribution < -0.4 is 10.6 Å². The summed E-state index contributed by atoms with van der Waals surface area (Å²) in [5, 5.41) is 8.88. The molecule has 3 N–H and O–H groups in total. The van der Waals surface area contributed by atoms with Gasteiger partial charge in [0.1, 0.15) is 5.82 Å². The number of aromatic carboxylic acids is 1. The number of benzene rings is 1. The zero-order valence-corrected chi connectivity index (χ0v) is 11.2. The molecule has 1 fully saturated rings. The Morgan fingerprint density at radius 1 is 1.53 bits per heavy atom. The van der Waals surface area contributed by atoms with Gasteiger partial charge in [-0.15, -0.1) is 0 Å². The predicted octanol–water partition coefficient (Wildman–Crippen LogP) is 2.73. The number of anilines is 2. The van der Waals surface area contributed by atoms with Crippen LogP contribution >= 0.6 is 0 Å². The van der Waals surface area contributed by atoms with Crippen molar-refractivity contribution in [1.82, 2.24) is 0 Å². The Bertz CT molecular complexity index is 498. The molecule has 1 saturated carbocycles. The Hall–Kier alpha value is -1.78. The maximum atomic E-state index is 13.8. The molecule has 5 heteroatoms. The van der Waals surface area contributed by atoms with Crippen LogP contribution in [0.2, 0.25) is 0 Å². The van der Waals surface area contributed by atoms with Crippen molar-refractivity contribution in [3.05, 3.63) is 23.5 Å². The van der Waals surface area contributed by atoms with Gasteiger partial charge in [-0.3, -0.25) is 0 Å². The summed E-state index contributed by atoms with van der Waals surface area (Å²) in [6.45, 7) is 4.88. The zero-order valence-electron chi connectivity index (χ0n) is 11.2. The normalized spacial score (nSPS) is 14.7. The molecule has 0 amide bonds. The SMILES string of the molecule is CC(C)N(CC1CC1)c1cc(F)c(C(=O)O)cc1N. The number of carboxylic acid groups (broad SMARTS) is 1. The van der Waals surface area contributed by atoms with Gasteiger partial charge in [-0.05, 0) is 38.7 Å². The molecular formula is C14H19FN2O2. The van der Waals surface area contributed by atoms with Crippen LogP contribution in [0.4, 0.5) is 15.8 Å². The Morgan fingerprint density at radius 2 is 2.16 bits per heavy atom. The second-order valence-corrected chi connectivity index (χ2v) is 5.39. The van der Waals surface area contributed by atoms with E-state index in [0.717, 1.165) is 6.54 Å². The van der Waals surface area contributed by atoms with Crippen LogP contribution in [0.3, 0.4) is 0 Å². The quantitative estimate of drug-likeness (QED) is 0.804. The van der Waals surface area contributed by atoms with E-state index in [4.69, 9.17) is 10.8 Å². The minimum atomic E-state index is -1.30. The molecule has 0 aliphatic heterocycles. The summed E-state index contributed by atoms with van der Waals surface area (Å²) in [5.74, 6) is -1.39. The van der Waals surface area contributed by atoms with Gasteiger partial charge in [0.15, 0.2) is 0 Å². The average molecular weight is 266 g/mol. The summed E-state index contributed by atoms with van der Waals surface area (Å²) in [7, 11) is 0. The summed E-state index contributed by atoms with van der Waals surface area (Å²) in [6, 6.07) is 2.63. The average Bonchev–Trinajstić information content (AvgIpc) is 3.12. The smallest absolute Gasteiger partial charge is 0.338 e. The number of hydrogen-bond donors (Lipinski definition) is 2. The summed E-state index contributed by atoms with van der Waals surface area (Å²) in [5.41, 5.74) is 6.41. The van der Waals surface area contributed by atoms with E-state index in [1.165, 1.54) is 25.0 Å². The summed E-state index contributed by atoms with van der Waals surface area (Å²) < 4.78 is 13.8. The molecule has 0 spiro atoms. The lowest BCUT2D eigenvalue weighted by atomic mass is 10.1. The second kappa shape index (κ2) is 5.07. The minimum absolute atomic E-state index is 0.193. The molecule has 0 radical (unpaired) electrons. The first kappa shape index (κ1) is 13.6. The monoisotopic (exact) mass is 266 g/mol. The Kier molecular flexibility index (Phi) is 3.64. The van der Waals surface area contributed by atoms with Crippen LogP contribution in [0.1, 0.15) is 37.0 Å². The molecule has 4 nitrogen and oxygen atoms in total. The molecule has 1 aromatic carbocycles. The standard InChI is InChI=1S/C14H19FN2O2/c1-8(2)17(7-9-3-4-9)13-6-11(15)10(14(18)19)5-12(13)16/h5-6,8-9H,3-4,7,16H2,1-2H3,(H,18,19). The Morgan fingerprint density at radius 3 is 2.63 bits per heavy atom. The molecule has 0 bridgehead atoms. The molecule has 0 atom stereocenters. The maximum Gasteiger partial charge on any atom is 0.338 e. The van der Waals surface area contributed by atoms with Crippen molar-refractivity contribution < 1.29 is 14.3 Å². The van der Waals surface area contributed by atoms with Crippen molar-refractivity contribution in [1.29, 1.82) is 0 Å². The fourth-order valence-corrected chi connectivity index (χ4v) is 2.16. The Labute approximate surface area is 112 Å². The van der Waals surface area contributed by atoms with Crippen LogP contribution in [0.5, 0.6) is 0 Å². The van der Waals surface area contributed by atoms with Crippen LogP contribution in [-0.4, -0.2) is 23.7 Å². The highest BCUT2D eigenvalue weighted by Crippen LogP contribution is 2.35. The van der Waals surface area contributed by atoms with Crippen LogP contribution in [-0.2, 0) is 0 Å². The highest BCUT2D eigenvalue weighted by Gasteiger charge is 2.27. The van der Waals surface area contributed by atoms with Crippen molar-refractivity contribution in [3.63, 3.8) is 0 Å². The molecule has 0 heterocycles. The topological polar surface area (TPSA) is 66.6 Å². The number of nitrogen functional groups attached to an aromatic ring is 1. The van der Waals surface area contributed by atoms with E-state index in [2.05, 4.69) is 0 Å². The highest BCUT2D eigenvalue weighted by atomic mass is 19.1. The van der Waals surface area contributed by atoms with E-state index in [1.54, 1.807) is 0 Å². The summed E-state index contributed by atoms with van der Waals surface area (Å²) in [6.07, 6.45) is 2.39. The summed E-state index contributed by atoms with van der Waals surface area (Å²) >= 11 is 0. The van der Waals surface area contributed by atoms with Gasteiger partial charge in [0.25, 0.3) is 0 Å². The van der Waals surface area contributed by atoms with Crippen molar-refractivity contribution >= 4 is 17.3 Å². The first-order valence-electron chi connectivity index (χ1n) is 6.49. The molecule has 0 aromatic heterocycles. The van der Waals surface area contributed by atoms with Gasteiger partial charge in [-0.1, -0.05) is 0 Å². The maximum absolute atomic E-state index is 13.8. The molecule has 104 valence electrons. The van der Waals surface area contributed by atoms with Gasteiger partial charge < -0.3 is 15.7 Å². The fourth-order valence-electron chi connectivity index (χ4n) is 2.16. The highest BCUT2D eigenvalue weighted by molar-refractivity contribution is 5.91. The molecule has 1 aliphatic rings. The molecule has 0 saturated heterocycles. The van der Waals surface area contributed by atoms with E-state index in [0.29, 0.717) is 17.3 Å². The number of rotatable bonds is 5. The van der Waals surface area contributed by atoms with Crippen LogP contribution in [0, 0.1) is 11.7 Å². The number of hydrogen-bond acceptors (Lipinski definition) is 3. The van der Waals surface area contributed by atoms with E-state index >= 15 is 0 Å². The van der Waals surface area contributed by atoms with Gasteiger partial charge in [0, 0.05) is 18.7 Å². The molecule has 0 unspecified atom stereocenters. The molecule has 19 heavy (non-hydrogen) atoms. The van der Waals surface area contributed by atoms with Crippen molar-refractivity contribution in [3.8, 4) is 0 Å². The van der Waals surface area contributed by atoms with Crippen LogP contribution in [0.25, 0.3) is 0 Å². The number of nitrogens with two attached hydrogens (primary N) is 1. The van der Waals surface area contributed by atoms with Gasteiger partial charge in [-0.25, -0.2) is 9.18 Å². The van der Waals surface area contributed by atoms with E-state index < -0.39 is 11.8 Å². The molecule has 2 rings (SSSR count). The van der Waals surface area contributed by atoms with Gasteiger partial charge in [0.2, 0.25) is 0 Å². The molecular weight excluding hydrogens is 247 g/mol. The van der Waals surface area contributed by atoms with E-state index in [-0.39, 0.29) is 11.6 Å². The number of carbonyl (C=O) groups is 1. The number of nitrogens with zero attached hydrogens (tertiary/aromatic N) is 1. The van der Waals surface area contributed by atoms with Crippen molar-refractivity contribution in [2.75, 3.05) is 17.2 Å². The van der Waals surface area contributed by atoms with E-state index in [9.17, 15) is 9.18 Å². The van der Waals surface area contributed by atoms with Crippen molar-refractivity contribution in [2.45, 2.75) is 32.7 Å². The lowest BCUT2D eigenvalue weighted by molar-refractivity contribution is 0.0692. The molecule has 1 aliphatic carbocycles. The molecule has 1 aromatic rings. The number of halogens is 1. The second-order valence-electron chi connectivity index (χ2n) is 5.39. The van der Waals surface area contributed by atoms with Crippen molar-refractivity contribution in [2.24, 2.45) is 5.92 Å². The zero-order chi connectivity index (χ0) is 14.2. The summed E-state index contributed by atoms with van der Waals surface area (Å²) in [4.78, 5) is 12.9. The Balaban J connectivity index is 2.36. The van der Waals surface area contributed by atoms with Crippen LogP contribution in [0.15, 0.2) is 12.1 Å². The first-order chi connectivity index (χ1) is 8.90. The lowest BCUT2D eigenvalue weighted by Crippen LogP contribution is -2.33. The van der Waals surface area contributed by atoms with E-state index in [1.807, 2.05) is 18.7 Å². The largest absolute Gasteiger partial charge is 0.478 e. The van der Waals surface area contributed by atoms with Gasteiger partial charge in [0.05, 0.1) is 16.9 Å². The predicted molar refractivity (Wildman–Crippen MR) is 73.0 cm³/mol. The lowest BCUT2D eigenvalue weighted by Gasteiger charge is -2.30. The number of carboxylic acids is 1. The fraction of sp³-hybridized carbons (Fsp3) is 0.500. The van der Waals surface area contributed by atoms with Gasteiger partial charge >= 0.3 is 5.97 Å². The minimum Gasteiger partial charge on any atom is -0.478 e. The first-order valence-corrected chi connectivity index (χ1v) is 6.49. The third-order valence-corrected chi connectivity index (χ3v) is 3.43. The third-order valence-electron chi connectivity index (χ3n) is 3.43.